The molecule has 5 nitrogen and oxygen atoms in total. The van der Waals surface area contributed by atoms with Crippen molar-refractivity contribution in [2.24, 2.45) is 0 Å². The molecule has 16 heavy (non-hydrogen) atoms. The summed E-state index contributed by atoms with van der Waals surface area (Å²) in [4.78, 5) is 0. The Morgan fingerprint density at radius 3 is 2.75 bits per heavy atom. The van der Waals surface area contributed by atoms with Crippen LogP contribution in [0.25, 0.3) is 0 Å². The molecule has 0 aromatic heterocycles. The summed E-state index contributed by atoms with van der Waals surface area (Å²) in [6.45, 7) is 3.52. The van der Waals surface area contributed by atoms with Gasteiger partial charge in [0.1, 0.15) is 0 Å². The third kappa shape index (κ3) is 4.37. The highest BCUT2D eigenvalue weighted by Crippen LogP contribution is 2.16. The van der Waals surface area contributed by atoms with Crippen LogP contribution in [-0.4, -0.2) is 45.6 Å². The van der Waals surface area contributed by atoms with E-state index in [0.717, 1.165) is 25.9 Å². The fraction of sp³-hybridized carbons (Fsp3) is 1.00. The Balaban J connectivity index is 2.30. The second kappa shape index (κ2) is 6.54. The van der Waals surface area contributed by atoms with Crippen LogP contribution in [0.1, 0.15) is 32.6 Å². The molecule has 0 spiro atoms. The summed E-state index contributed by atoms with van der Waals surface area (Å²) in [6.07, 6.45) is 4.38. The van der Waals surface area contributed by atoms with Crippen LogP contribution in [0.5, 0.6) is 0 Å². The van der Waals surface area contributed by atoms with Crippen LogP contribution in [0.4, 0.5) is 0 Å². The molecule has 1 aliphatic rings. The molecule has 96 valence electrons. The Hall–Kier alpha value is -0.170. The minimum absolute atomic E-state index is 0.230. The number of nitrogens with one attached hydrogen (secondary N) is 1. The first kappa shape index (κ1) is 13.9. The van der Waals surface area contributed by atoms with E-state index >= 15 is 0 Å². The van der Waals surface area contributed by atoms with Gasteiger partial charge in [0.25, 0.3) is 10.2 Å². The molecule has 0 aromatic rings. The van der Waals surface area contributed by atoms with Crippen molar-refractivity contribution in [3.63, 3.8) is 0 Å². The standard InChI is InChI=1S/C10H22N2O3S/c1-3-11-16(13,14)12(2)8-7-10-6-4-5-9-15-10/h10-11H,3-9H2,1-2H3. The van der Waals surface area contributed by atoms with E-state index in [-0.39, 0.29) is 6.10 Å². The van der Waals surface area contributed by atoms with Gasteiger partial charge < -0.3 is 4.74 Å². The van der Waals surface area contributed by atoms with Gasteiger partial charge >= 0.3 is 0 Å². The van der Waals surface area contributed by atoms with Crippen LogP contribution in [0.2, 0.25) is 0 Å². The molecule has 1 aliphatic heterocycles. The summed E-state index contributed by atoms with van der Waals surface area (Å²) >= 11 is 0. The average molecular weight is 250 g/mol. The molecule has 1 N–H and O–H groups in total. The number of ether oxygens (including phenoxy) is 1. The predicted octanol–water partition coefficient (Wildman–Crippen LogP) is 0.732. The third-order valence-electron chi connectivity index (χ3n) is 2.78. The van der Waals surface area contributed by atoms with Crippen molar-refractivity contribution in [3.05, 3.63) is 0 Å². The zero-order valence-electron chi connectivity index (χ0n) is 10.1. The predicted molar refractivity (Wildman–Crippen MR) is 63.4 cm³/mol. The van der Waals surface area contributed by atoms with Crippen molar-refractivity contribution < 1.29 is 13.2 Å². The molecule has 6 heteroatoms. The Bertz CT molecular complexity index is 286. The summed E-state index contributed by atoms with van der Waals surface area (Å²) in [5, 5.41) is 0. The van der Waals surface area contributed by atoms with E-state index < -0.39 is 10.2 Å². The van der Waals surface area contributed by atoms with E-state index in [1.165, 1.54) is 10.7 Å². The van der Waals surface area contributed by atoms with Crippen molar-refractivity contribution in [3.8, 4) is 0 Å². The van der Waals surface area contributed by atoms with Crippen molar-refractivity contribution in [1.29, 1.82) is 0 Å². The van der Waals surface area contributed by atoms with E-state index in [2.05, 4.69) is 4.72 Å². The van der Waals surface area contributed by atoms with Gasteiger partial charge in [0.15, 0.2) is 0 Å². The molecule has 1 unspecified atom stereocenters. The first-order valence-corrected chi connectivity index (χ1v) is 7.33. The van der Waals surface area contributed by atoms with Gasteiger partial charge in [-0.3, -0.25) is 0 Å². The second-order valence-electron chi connectivity index (χ2n) is 4.10. The molecular formula is C10H22N2O3S. The lowest BCUT2D eigenvalue weighted by Crippen LogP contribution is -2.39. The van der Waals surface area contributed by atoms with Gasteiger partial charge in [-0.2, -0.15) is 12.7 Å². The van der Waals surface area contributed by atoms with Gasteiger partial charge in [0.05, 0.1) is 6.10 Å². The van der Waals surface area contributed by atoms with Crippen molar-refractivity contribution >= 4 is 10.2 Å². The number of rotatable bonds is 6. The van der Waals surface area contributed by atoms with E-state index in [9.17, 15) is 8.42 Å². The molecule has 1 fully saturated rings. The molecule has 0 aliphatic carbocycles. The minimum atomic E-state index is -3.28. The van der Waals surface area contributed by atoms with Crippen LogP contribution < -0.4 is 4.72 Å². The Morgan fingerprint density at radius 1 is 1.44 bits per heavy atom. The molecule has 0 amide bonds. The van der Waals surface area contributed by atoms with Crippen LogP contribution in [0, 0.1) is 0 Å². The fourth-order valence-corrected chi connectivity index (χ4v) is 2.70. The minimum Gasteiger partial charge on any atom is -0.378 e. The topological polar surface area (TPSA) is 58.6 Å². The lowest BCUT2D eigenvalue weighted by atomic mass is 10.1. The maximum atomic E-state index is 11.6. The number of hydrogen-bond donors (Lipinski definition) is 1. The SMILES string of the molecule is CCNS(=O)(=O)N(C)CCC1CCCCO1. The van der Waals surface area contributed by atoms with Crippen LogP contribution >= 0.6 is 0 Å². The summed E-state index contributed by atoms with van der Waals surface area (Å²) in [5.41, 5.74) is 0. The van der Waals surface area contributed by atoms with Crippen LogP contribution in [0.15, 0.2) is 0 Å². The molecular weight excluding hydrogens is 228 g/mol. The second-order valence-corrected chi connectivity index (χ2v) is 5.96. The summed E-state index contributed by atoms with van der Waals surface area (Å²) in [5.74, 6) is 0. The molecule has 1 rings (SSSR count). The van der Waals surface area contributed by atoms with Gasteiger partial charge in [0.2, 0.25) is 0 Å². The lowest BCUT2D eigenvalue weighted by molar-refractivity contribution is 0.00947. The normalized spacial score (nSPS) is 22.6. The molecule has 1 atom stereocenters. The molecule has 0 aromatic carbocycles. The maximum absolute atomic E-state index is 11.6. The van der Waals surface area contributed by atoms with Crippen molar-refractivity contribution in [1.82, 2.24) is 9.03 Å². The van der Waals surface area contributed by atoms with E-state index in [0.29, 0.717) is 13.1 Å². The van der Waals surface area contributed by atoms with Crippen LogP contribution in [0.3, 0.4) is 0 Å². The van der Waals surface area contributed by atoms with Crippen LogP contribution in [-0.2, 0) is 14.9 Å². The average Bonchev–Trinajstić information content (AvgIpc) is 2.27. The monoisotopic (exact) mass is 250 g/mol. The van der Waals surface area contributed by atoms with Crippen molar-refractivity contribution in [2.75, 3.05) is 26.7 Å². The van der Waals surface area contributed by atoms with E-state index in [1.807, 2.05) is 0 Å². The Kier molecular flexibility index (Phi) is 5.68. The maximum Gasteiger partial charge on any atom is 0.279 e. The molecule has 0 saturated carbocycles. The first-order valence-electron chi connectivity index (χ1n) is 5.89. The zero-order valence-corrected chi connectivity index (χ0v) is 10.9. The molecule has 1 heterocycles. The highest BCUT2D eigenvalue weighted by atomic mass is 32.2. The van der Waals surface area contributed by atoms with E-state index in [4.69, 9.17) is 4.74 Å². The van der Waals surface area contributed by atoms with Crippen molar-refractivity contribution in [2.45, 2.75) is 38.7 Å². The lowest BCUT2D eigenvalue weighted by Gasteiger charge is -2.24. The summed E-state index contributed by atoms with van der Waals surface area (Å²) < 4.78 is 32.5. The highest BCUT2D eigenvalue weighted by Gasteiger charge is 2.19. The third-order valence-corrected chi connectivity index (χ3v) is 4.43. The van der Waals surface area contributed by atoms with Gasteiger partial charge in [-0.25, -0.2) is 4.72 Å². The molecule has 0 bridgehead atoms. The van der Waals surface area contributed by atoms with Gasteiger partial charge in [-0.05, 0) is 25.7 Å². The van der Waals surface area contributed by atoms with Gasteiger partial charge in [-0.1, -0.05) is 6.92 Å². The van der Waals surface area contributed by atoms with E-state index in [1.54, 1.807) is 14.0 Å². The smallest absolute Gasteiger partial charge is 0.279 e. The fourth-order valence-electron chi connectivity index (χ4n) is 1.77. The largest absolute Gasteiger partial charge is 0.378 e. The molecule has 0 radical (unpaired) electrons. The summed E-state index contributed by atoms with van der Waals surface area (Å²) in [6, 6.07) is 0. The Labute approximate surface area is 98.3 Å². The molecule has 1 saturated heterocycles. The number of nitrogens with zero attached hydrogens (tertiary/aromatic N) is 1. The number of hydrogen-bond acceptors (Lipinski definition) is 3. The zero-order chi connectivity index (χ0) is 12.0. The Morgan fingerprint density at radius 2 is 2.19 bits per heavy atom. The van der Waals surface area contributed by atoms with Gasteiger partial charge in [0, 0.05) is 26.7 Å². The summed E-state index contributed by atoms with van der Waals surface area (Å²) in [7, 11) is -1.69. The quantitative estimate of drug-likeness (QED) is 0.756. The van der Waals surface area contributed by atoms with Gasteiger partial charge in [-0.15, -0.1) is 0 Å². The first-order chi connectivity index (χ1) is 7.56. The highest BCUT2D eigenvalue weighted by molar-refractivity contribution is 7.87.